The van der Waals surface area contributed by atoms with E-state index < -0.39 is 36.4 Å². The Kier molecular flexibility index (Phi) is 7.89. The van der Waals surface area contributed by atoms with Gasteiger partial charge in [0.2, 0.25) is 5.95 Å². The van der Waals surface area contributed by atoms with Crippen molar-refractivity contribution < 1.29 is 31.9 Å². The van der Waals surface area contributed by atoms with Gasteiger partial charge in [-0.3, -0.25) is 9.69 Å². The molecule has 2 aromatic heterocycles. The summed E-state index contributed by atoms with van der Waals surface area (Å²) in [6, 6.07) is 3.32. The molecular weight excluding hydrogens is 511 g/mol. The summed E-state index contributed by atoms with van der Waals surface area (Å²) in [7, 11) is 0. The van der Waals surface area contributed by atoms with Crippen LogP contribution in [0.5, 0.6) is 0 Å². The Morgan fingerprint density at radius 3 is 2.45 bits per heavy atom. The molecule has 13 heteroatoms. The highest BCUT2D eigenvalue weighted by atomic mass is 19.4. The molecular formula is C25H31F5N6O2. The molecule has 0 aromatic carbocycles. The molecule has 0 saturated carbocycles. The molecule has 2 fully saturated rings. The van der Waals surface area contributed by atoms with E-state index in [4.69, 9.17) is 0 Å². The van der Waals surface area contributed by atoms with Gasteiger partial charge < -0.3 is 15.3 Å². The number of halogens is 5. The number of hydrogen-bond acceptors (Lipinski definition) is 8. The van der Waals surface area contributed by atoms with Crippen molar-refractivity contribution in [3.8, 4) is 0 Å². The Morgan fingerprint density at radius 2 is 1.87 bits per heavy atom. The third-order valence-corrected chi connectivity index (χ3v) is 7.57. The first-order chi connectivity index (χ1) is 17.8. The van der Waals surface area contributed by atoms with Gasteiger partial charge in [-0.05, 0) is 51.4 Å². The summed E-state index contributed by atoms with van der Waals surface area (Å²) < 4.78 is 67.4. The number of piperidine rings is 1. The number of aromatic nitrogens is 3. The summed E-state index contributed by atoms with van der Waals surface area (Å²) in [5.41, 5.74) is -1.10. The van der Waals surface area contributed by atoms with Gasteiger partial charge in [0.05, 0.1) is 23.3 Å². The fourth-order valence-electron chi connectivity index (χ4n) is 5.02. The third-order valence-electron chi connectivity index (χ3n) is 7.57. The number of carbonyl (C=O) groups is 1. The minimum absolute atomic E-state index is 0.0499. The number of alkyl halides is 5. The monoisotopic (exact) mass is 542 g/mol. The molecule has 38 heavy (non-hydrogen) atoms. The van der Waals surface area contributed by atoms with E-state index in [0.717, 1.165) is 18.3 Å². The Morgan fingerprint density at radius 1 is 1.16 bits per heavy atom. The molecule has 2 N–H and O–H groups in total. The average molecular weight is 543 g/mol. The SMILES string of the molecule is CCC(C)(C(=O)CO)N1CCC(c2cc(Nc3cc(C(F)(F)F)ccn3)nc(N3CCC(F)(F)C3)n2)CC1. The van der Waals surface area contributed by atoms with Crippen LogP contribution >= 0.6 is 0 Å². The molecule has 4 rings (SSSR count). The predicted molar refractivity (Wildman–Crippen MR) is 131 cm³/mol. The smallest absolute Gasteiger partial charge is 0.389 e. The highest BCUT2D eigenvalue weighted by molar-refractivity contribution is 5.88. The number of nitrogens with zero attached hydrogens (tertiary/aromatic N) is 5. The molecule has 1 atom stereocenters. The van der Waals surface area contributed by atoms with E-state index in [0.29, 0.717) is 38.0 Å². The molecule has 2 aliphatic heterocycles. The maximum Gasteiger partial charge on any atom is 0.416 e. The quantitative estimate of drug-likeness (QED) is 0.475. The van der Waals surface area contributed by atoms with E-state index in [2.05, 4.69) is 20.3 Å². The first kappa shape index (κ1) is 28.1. The van der Waals surface area contributed by atoms with Crippen LogP contribution in [-0.4, -0.2) is 75.0 Å². The molecule has 0 spiro atoms. The van der Waals surface area contributed by atoms with Crippen LogP contribution in [0.3, 0.4) is 0 Å². The number of aliphatic hydroxyl groups is 1. The van der Waals surface area contributed by atoms with E-state index in [1.54, 1.807) is 6.07 Å². The van der Waals surface area contributed by atoms with Crippen molar-refractivity contribution in [2.24, 2.45) is 0 Å². The van der Waals surface area contributed by atoms with Crippen LogP contribution in [0.25, 0.3) is 0 Å². The van der Waals surface area contributed by atoms with Crippen LogP contribution < -0.4 is 10.2 Å². The number of nitrogens with one attached hydrogen (secondary N) is 1. The van der Waals surface area contributed by atoms with Crippen molar-refractivity contribution in [3.63, 3.8) is 0 Å². The van der Waals surface area contributed by atoms with Gasteiger partial charge in [-0.2, -0.15) is 18.2 Å². The second kappa shape index (κ2) is 10.7. The van der Waals surface area contributed by atoms with Gasteiger partial charge in [-0.15, -0.1) is 0 Å². The summed E-state index contributed by atoms with van der Waals surface area (Å²) >= 11 is 0. The molecule has 0 amide bonds. The zero-order valence-electron chi connectivity index (χ0n) is 21.2. The lowest BCUT2D eigenvalue weighted by molar-refractivity contribution is -0.137. The van der Waals surface area contributed by atoms with Gasteiger partial charge >= 0.3 is 6.18 Å². The maximum absolute atomic E-state index is 13.9. The molecule has 8 nitrogen and oxygen atoms in total. The minimum Gasteiger partial charge on any atom is -0.389 e. The lowest BCUT2D eigenvalue weighted by Crippen LogP contribution is -2.55. The van der Waals surface area contributed by atoms with Crippen LogP contribution in [0.4, 0.5) is 39.5 Å². The standard InChI is InChI=1S/C25H31F5N6O2/c1-3-23(2,19(38)14-37)36-9-5-16(6-10-36)18-13-21(33-20-12-17(4-8-31-20)25(28,29)30)34-22(32-18)35-11-7-24(26,27)15-35/h4,8,12-13,16,37H,3,5-7,9-11,14-15H2,1-2H3,(H,31,32,33,34). The van der Waals surface area contributed by atoms with Crippen LogP contribution in [0.2, 0.25) is 0 Å². The first-order valence-electron chi connectivity index (χ1n) is 12.6. The summed E-state index contributed by atoms with van der Waals surface area (Å²) in [6.45, 7) is 3.77. The Labute approximate surface area is 217 Å². The molecule has 2 aliphatic rings. The summed E-state index contributed by atoms with van der Waals surface area (Å²) in [5, 5.41) is 12.2. The zero-order chi connectivity index (χ0) is 27.7. The second-order valence-corrected chi connectivity index (χ2v) is 10.0. The normalized spacial score (nSPS) is 20.4. The fraction of sp³-hybridized carbons (Fsp3) is 0.600. The molecule has 208 valence electrons. The van der Waals surface area contributed by atoms with Crippen molar-refractivity contribution in [1.82, 2.24) is 19.9 Å². The van der Waals surface area contributed by atoms with Crippen molar-refractivity contribution in [2.75, 3.05) is 43.0 Å². The van der Waals surface area contributed by atoms with E-state index in [1.807, 2.05) is 18.7 Å². The number of pyridine rings is 1. The lowest BCUT2D eigenvalue weighted by atomic mass is 9.85. The van der Waals surface area contributed by atoms with Crippen LogP contribution in [0.15, 0.2) is 24.4 Å². The highest BCUT2D eigenvalue weighted by Gasteiger charge is 2.41. The van der Waals surface area contributed by atoms with Gasteiger partial charge in [-0.1, -0.05) is 6.92 Å². The molecule has 2 aromatic rings. The van der Waals surface area contributed by atoms with Crippen molar-refractivity contribution in [3.05, 3.63) is 35.7 Å². The van der Waals surface area contributed by atoms with Gasteiger partial charge in [-0.25, -0.2) is 18.7 Å². The van der Waals surface area contributed by atoms with Crippen LogP contribution in [-0.2, 0) is 11.0 Å². The third kappa shape index (κ3) is 6.04. The number of aliphatic hydroxyl groups excluding tert-OH is 1. The Bertz CT molecular complexity index is 1160. The molecule has 0 bridgehead atoms. The van der Waals surface area contributed by atoms with Gasteiger partial charge in [0.15, 0.2) is 5.78 Å². The lowest BCUT2D eigenvalue weighted by Gasteiger charge is -2.43. The number of ketones is 1. The molecule has 0 aliphatic carbocycles. The summed E-state index contributed by atoms with van der Waals surface area (Å²) in [4.78, 5) is 28.7. The number of anilines is 3. The largest absolute Gasteiger partial charge is 0.416 e. The summed E-state index contributed by atoms with van der Waals surface area (Å²) in [5.74, 6) is -3.08. The van der Waals surface area contributed by atoms with E-state index in [-0.39, 0.29) is 42.3 Å². The predicted octanol–water partition coefficient (Wildman–Crippen LogP) is 4.39. The number of likely N-dealkylation sites (tertiary alicyclic amines) is 1. The first-order valence-corrected chi connectivity index (χ1v) is 12.6. The van der Waals surface area contributed by atoms with E-state index >= 15 is 0 Å². The Balaban J connectivity index is 1.60. The zero-order valence-corrected chi connectivity index (χ0v) is 21.2. The van der Waals surface area contributed by atoms with Gasteiger partial charge in [0.25, 0.3) is 5.92 Å². The Hall–Kier alpha value is -2.93. The van der Waals surface area contributed by atoms with Crippen molar-refractivity contribution in [2.45, 2.75) is 63.1 Å². The van der Waals surface area contributed by atoms with Crippen LogP contribution in [0.1, 0.15) is 56.7 Å². The van der Waals surface area contributed by atoms with Gasteiger partial charge in [0.1, 0.15) is 18.2 Å². The van der Waals surface area contributed by atoms with Gasteiger partial charge in [0, 0.05) is 31.1 Å². The molecule has 1 unspecified atom stereocenters. The molecule has 4 heterocycles. The van der Waals surface area contributed by atoms with Crippen molar-refractivity contribution >= 4 is 23.4 Å². The number of rotatable bonds is 8. The number of Topliss-reactive ketones (excluding diaryl/α,β-unsaturated/α-hetero) is 1. The number of carbonyl (C=O) groups excluding carboxylic acids is 1. The highest BCUT2D eigenvalue weighted by Crippen LogP contribution is 2.36. The number of hydrogen-bond donors (Lipinski definition) is 2. The van der Waals surface area contributed by atoms with Crippen LogP contribution in [0, 0.1) is 0 Å². The molecule has 0 radical (unpaired) electrons. The fourth-order valence-corrected chi connectivity index (χ4v) is 5.02. The summed E-state index contributed by atoms with van der Waals surface area (Å²) in [6.07, 6.45) is -2.10. The van der Waals surface area contributed by atoms with E-state index in [9.17, 15) is 31.9 Å². The van der Waals surface area contributed by atoms with E-state index in [1.165, 1.54) is 4.90 Å². The molecule has 2 saturated heterocycles. The minimum atomic E-state index is -4.55. The second-order valence-electron chi connectivity index (χ2n) is 10.0. The average Bonchev–Trinajstić information content (AvgIpc) is 3.27. The van der Waals surface area contributed by atoms with Crippen molar-refractivity contribution in [1.29, 1.82) is 0 Å². The maximum atomic E-state index is 13.9. The topological polar surface area (TPSA) is 94.5 Å².